The van der Waals surface area contributed by atoms with E-state index in [1.165, 1.54) is 37.4 Å². The molecule has 2 aromatic carbocycles. The van der Waals surface area contributed by atoms with Gasteiger partial charge in [-0.2, -0.15) is 4.31 Å². The van der Waals surface area contributed by atoms with Crippen molar-refractivity contribution in [2.24, 2.45) is 0 Å². The maximum Gasteiger partial charge on any atom is 0.243 e. The fourth-order valence-corrected chi connectivity index (χ4v) is 3.79. The summed E-state index contributed by atoms with van der Waals surface area (Å²) in [7, 11) is -2.69. The summed E-state index contributed by atoms with van der Waals surface area (Å²) in [6, 6.07) is 7.71. The molecule has 0 aromatic heterocycles. The third-order valence-electron chi connectivity index (χ3n) is 3.48. The Balaban J connectivity index is 2.11. The number of nitrogens with one attached hydrogen (secondary N) is 1. The van der Waals surface area contributed by atoms with Crippen LogP contribution in [0.1, 0.15) is 6.92 Å². The van der Waals surface area contributed by atoms with Crippen molar-refractivity contribution in [2.45, 2.75) is 11.8 Å². The van der Waals surface area contributed by atoms with Crippen LogP contribution in [0.15, 0.2) is 41.3 Å². The van der Waals surface area contributed by atoms with Crippen LogP contribution < -0.4 is 10.1 Å². The molecule has 0 radical (unpaired) electrons. The number of ether oxygens (including phenoxy) is 1. The zero-order valence-electron chi connectivity index (χ0n) is 14.5. The molecule has 1 amide bonds. The lowest BCUT2D eigenvalue weighted by Gasteiger charge is -2.17. The summed E-state index contributed by atoms with van der Waals surface area (Å²) in [4.78, 5) is 12.0. The fourth-order valence-electron chi connectivity index (χ4n) is 2.16. The van der Waals surface area contributed by atoms with E-state index in [1.807, 2.05) is 0 Å². The van der Waals surface area contributed by atoms with Gasteiger partial charge in [-0.1, -0.05) is 23.2 Å². The summed E-state index contributed by atoms with van der Waals surface area (Å²) in [5.74, 6) is -0.866. The number of carbonyl (C=O) groups is 1. The van der Waals surface area contributed by atoms with Crippen LogP contribution in [-0.2, 0) is 14.8 Å². The lowest BCUT2D eigenvalue weighted by molar-refractivity contribution is -0.116. The van der Waals surface area contributed by atoms with Gasteiger partial charge in [0, 0.05) is 12.7 Å². The number of carbonyl (C=O) groups excluding carboxylic acids is 1. The molecule has 0 aliphatic rings. The third kappa shape index (κ3) is 5.32. The minimum absolute atomic E-state index is 0.0731. The quantitative estimate of drug-likeness (QED) is 0.718. The Hall–Kier alpha value is -1.87. The predicted molar refractivity (Wildman–Crippen MR) is 102 cm³/mol. The van der Waals surface area contributed by atoms with Gasteiger partial charge in [-0.25, -0.2) is 12.8 Å². The molecule has 0 aliphatic heterocycles. The van der Waals surface area contributed by atoms with E-state index in [9.17, 15) is 17.6 Å². The first-order valence-electron chi connectivity index (χ1n) is 7.78. The number of hydrogen-bond donors (Lipinski definition) is 1. The predicted octanol–water partition coefficient (Wildman–Crippen LogP) is 3.79. The number of nitrogens with zero attached hydrogens (tertiary/aromatic N) is 1. The average molecular weight is 435 g/mol. The first kappa shape index (κ1) is 21.4. The molecule has 1 N–H and O–H groups in total. The Morgan fingerprint density at radius 2 is 1.89 bits per heavy atom. The average Bonchev–Trinajstić information content (AvgIpc) is 2.59. The van der Waals surface area contributed by atoms with E-state index in [-0.39, 0.29) is 20.6 Å². The second kappa shape index (κ2) is 8.88. The van der Waals surface area contributed by atoms with E-state index in [1.54, 1.807) is 6.92 Å². The van der Waals surface area contributed by atoms with Gasteiger partial charge in [0.05, 0.1) is 28.1 Å². The number of likely N-dealkylation sites (N-methyl/N-ethyl adjacent to an activating group) is 1. The van der Waals surface area contributed by atoms with Crippen LogP contribution in [0.25, 0.3) is 0 Å². The van der Waals surface area contributed by atoms with Crippen molar-refractivity contribution in [2.75, 3.05) is 25.5 Å². The van der Waals surface area contributed by atoms with Crippen molar-refractivity contribution in [3.8, 4) is 5.75 Å². The minimum Gasteiger partial charge on any atom is -0.492 e. The first-order chi connectivity index (χ1) is 12.6. The Morgan fingerprint density at radius 3 is 2.48 bits per heavy atom. The summed E-state index contributed by atoms with van der Waals surface area (Å²) in [6.45, 7) is 1.71. The molecule has 10 heteroatoms. The molecule has 0 unspecified atom stereocenters. The highest BCUT2D eigenvalue weighted by Gasteiger charge is 2.24. The summed E-state index contributed by atoms with van der Waals surface area (Å²) < 4.78 is 44.5. The molecule has 2 aromatic rings. The van der Waals surface area contributed by atoms with Crippen molar-refractivity contribution < 1.29 is 22.3 Å². The summed E-state index contributed by atoms with van der Waals surface area (Å²) in [6.07, 6.45) is 0. The minimum atomic E-state index is -3.95. The number of amides is 1. The van der Waals surface area contributed by atoms with E-state index in [0.29, 0.717) is 12.4 Å². The molecule has 0 saturated heterocycles. The van der Waals surface area contributed by atoms with Crippen LogP contribution in [0.2, 0.25) is 10.0 Å². The van der Waals surface area contributed by atoms with Crippen LogP contribution in [-0.4, -0.2) is 38.8 Å². The van der Waals surface area contributed by atoms with Gasteiger partial charge in [0.25, 0.3) is 0 Å². The number of sulfonamides is 1. The molecular formula is C17H17Cl2FN2O4S. The zero-order chi connectivity index (χ0) is 20.2. The largest absolute Gasteiger partial charge is 0.492 e. The second-order valence-corrected chi connectivity index (χ2v) is 8.32. The highest BCUT2D eigenvalue weighted by atomic mass is 35.5. The van der Waals surface area contributed by atoms with Crippen molar-refractivity contribution in [3.05, 3.63) is 52.3 Å². The van der Waals surface area contributed by atoms with Crippen molar-refractivity contribution in [1.29, 1.82) is 0 Å². The summed E-state index contributed by atoms with van der Waals surface area (Å²) in [5, 5.41) is 2.45. The maximum atomic E-state index is 13.1. The molecule has 0 atom stereocenters. The second-order valence-electron chi connectivity index (χ2n) is 5.46. The van der Waals surface area contributed by atoms with Crippen LogP contribution in [0.4, 0.5) is 10.1 Å². The van der Waals surface area contributed by atoms with E-state index in [4.69, 9.17) is 27.9 Å². The SMILES string of the molecule is CCOc1ccc(S(=O)(=O)N(C)CC(=O)Nc2ccc(F)c(Cl)c2)cc1Cl. The van der Waals surface area contributed by atoms with Crippen molar-refractivity contribution in [1.82, 2.24) is 4.31 Å². The Morgan fingerprint density at radius 1 is 1.19 bits per heavy atom. The molecule has 0 bridgehead atoms. The normalized spacial score (nSPS) is 11.5. The van der Waals surface area contributed by atoms with E-state index in [2.05, 4.69) is 5.32 Å². The number of anilines is 1. The number of hydrogen-bond acceptors (Lipinski definition) is 4. The van der Waals surface area contributed by atoms with Crippen LogP contribution in [0.5, 0.6) is 5.75 Å². The maximum absolute atomic E-state index is 13.1. The molecule has 2 rings (SSSR count). The highest BCUT2D eigenvalue weighted by Crippen LogP contribution is 2.28. The summed E-state index contributed by atoms with van der Waals surface area (Å²) >= 11 is 11.7. The lowest BCUT2D eigenvalue weighted by Crippen LogP contribution is -2.35. The van der Waals surface area contributed by atoms with Crippen LogP contribution in [0, 0.1) is 5.82 Å². The van der Waals surface area contributed by atoms with Gasteiger partial charge in [-0.3, -0.25) is 4.79 Å². The highest BCUT2D eigenvalue weighted by molar-refractivity contribution is 7.89. The number of rotatable bonds is 7. The van der Waals surface area contributed by atoms with Crippen molar-refractivity contribution >= 4 is 44.8 Å². The molecular weight excluding hydrogens is 418 g/mol. The smallest absolute Gasteiger partial charge is 0.243 e. The molecule has 0 aliphatic carbocycles. The molecule has 27 heavy (non-hydrogen) atoms. The van der Waals surface area contributed by atoms with E-state index >= 15 is 0 Å². The van der Waals surface area contributed by atoms with Gasteiger partial charge < -0.3 is 10.1 Å². The molecule has 146 valence electrons. The molecule has 0 spiro atoms. The van der Waals surface area contributed by atoms with E-state index in [0.717, 1.165) is 10.4 Å². The van der Waals surface area contributed by atoms with Gasteiger partial charge in [-0.15, -0.1) is 0 Å². The topological polar surface area (TPSA) is 75.7 Å². The van der Waals surface area contributed by atoms with Gasteiger partial charge in [0.1, 0.15) is 11.6 Å². The van der Waals surface area contributed by atoms with Crippen molar-refractivity contribution in [3.63, 3.8) is 0 Å². The van der Waals surface area contributed by atoms with E-state index < -0.39 is 28.3 Å². The number of benzene rings is 2. The zero-order valence-corrected chi connectivity index (χ0v) is 16.8. The third-order valence-corrected chi connectivity index (χ3v) is 5.87. The molecule has 0 fully saturated rings. The number of halogens is 3. The Kier molecular flexibility index (Phi) is 7.05. The monoisotopic (exact) mass is 434 g/mol. The van der Waals surface area contributed by atoms with Crippen LogP contribution in [0.3, 0.4) is 0 Å². The Labute approximate surface area is 166 Å². The van der Waals surface area contributed by atoms with Gasteiger partial charge in [0.15, 0.2) is 0 Å². The molecule has 6 nitrogen and oxygen atoms in total. The Bertz CT molecular complexity index is 954. The fraction of sp³-hybridized carbons (Fsp3) is 0.235. The lowest BCUT2D eigenvalue weighted by atomic mass is 10.3. The molecule has 0 heterocycles. The summed E-state index contributed by atoms with van der Waals surface area (Å²) in [5.41, 5.74) is 0.251. The van der Waals surface area contributed by atoms with Gasteiger partial charge in [0.2, 0.25) is 15.9 Å². The van der Waals surface area contributed by atoms with Gasteiger partial charge >= 0.3 is 0 Å². The molecule has 0 saturated carbocycles. The standard InChI is InChI=1S/C17H17Cl2FN2O4S/c1-3-26-16-7-5-12(9-14(16)19)27(24,25)22(2)10-17(23)21-11-4-6-15(20)13(18)8-11/h4-9H,3,10H2,1-2H3,(H,21,23). The first-order valence-corrected chi connectivity index (χ1v) is 9.98. The van der Waals surface area contributed by atoms with Crippen LogP contribution >= 0.6 is 23.2 Å². The van der Waals surface area contributed by atoms with Gasteiger partial charge in [-0.05, 0) is 43.3 Å².